The van der Waals surface area contributed by atoms with Gasteiger partial charge in [-0.05, 0) is 30.2 Å². The maximum Gasteiger partial charge on any atom is 0.322 e. The Morgan fingerprint density at radius 3 is 2.56 bits per heavy atom. The Hall–Kier alpha value is -2.73. The molecule has 6 heteroatoms. The van der Waals surface area contributed by atoms with Crippen LogP contribution >= 0.6 is 0 Å². The molecule has 6 nitrogen and oxygen atoms in total. The first-order chi connectivity index (χ1) is 12.1. The van der Waals surface area contributed by atoms with E-state index in [-0.39, 0.29) is 19.2 Å². The first-order valence-electron chi connectivity index (χ1n) is 8.02. The highest BCUT2D eigenvalue weighted by molar-refractivity contribution is 5.91. The van der Waals surface area contributed by atoms with Crippen LogP contribution in [0.15, 0.2) is 42.5 Å². The van der Waals surface area contributed by atoms with E-state index in [9.17, 15) is 9.90 Å². The van der Waals surface area contributed by atoms with E-state index in [2.05, 4.69) is 5.32 Å². The molecule has 0 aliphatic rings. The summed E-state index contributed by atoms with van der Waals surface area (Å²) < 4.78 is 10.5. The topological polar surface area (TPSA) is 71.0 Å². The van der Waals surface area contributed by atoms with Crippen molar-refractivity contribution in [3.05, 3.63) is 53.6 Å². The highest BCUT2D eigenvalue weighted by Crippen LogP contribution is 2.29. The summed E-state index contributed by atoms with van der Waals surface area (Å²) in [5.41, 5.74) is 2.68. The molecule has 2 N–H and O–H groups in total. The zero-order valence-corrected chi connectivity index (χ0v) is 14.8. The van der Waals surface area contributed by atoms with Gasteiger partial charge in [-0.2, -0.15) is 0 Å². The molecule has 0 spiro atoms. The number of carbonyl (C=O) groups is 1. The smallest absolute Gasteiger partial charge is 0.322 e. The molecule has 25 heavy (non-hydrogen) atoms. The van der Waals surface area contributed by atoms with Gasteiger partial charge in [0.05, 0.1) is 26.5 Å². The molecule has 0 saturated heterocycles. The number of nitrogens with one attached hydrogen (secondary N) is 1. The fourth-order valence-electron chi connectivity index (χ4n) is 2.46. The van der Waals surface area contributed by atoms with Crippen molar-refractivity contribution < 1.29 is 19.4 Å². The van der Waals surface area contributed by atoms with E-state index < -0.39 is 0 Å². The minimum Gasteiger partial charge on any atom is -0.497 e. The summed E-state index contributed by atoms with van der Waals surface area (Å²) in [6, 6.07) is 12.7. The van der Waals surface area contributed by atoms with Gasteiger partial charge in [0.15, 0.2) is 0 Å². The molecule has 0 radical (unpaired) electrons. The summed E-state index contributed by atoms with van der Waals surface area (Å²) in [4.78, 5) is 14.2. The maximum absolute atomic E-state index is 12.7. The average molecular weight is 344 g/mol. The summed E-state index contributed by atoms with van der Waals surface area (Å²) in [5.74, 6) is 1.15. The predicted molar refractivity (Wildman–Crippen MR) is 97.2 cm³/mol. The van der Waals surface area contributed by atoms with Gasteiger partial charge in [0.25, 0.3) is 0 Å². The molecule has 2 rings (SSSR count). The summed E-state index contributed by atoms with van der Waals surface area (Å²) in [5, 5.41) is 12.1. The first kappa shape index (κ1) is 18.6. The van der Waals surface area contributed by atoms with Crippen LogP contribution in [0.25, 0.3) is 0 Å². The normalized spacial score (nSPS) is 10.2. The lowest BCUT2D eigenvalue weighted by Gasteiger charge is -2.24. The predicted octanol–water partition coefficient (Wildman–Crippen LogP) is 3.04. The number of hydrogen-bond donors (Lipinski definition) is 2. The van der Waals surface area contributed by atoms with Gasteiger partial charge in [-0.25, -0.2) is 4.79 Å². The molecule has 0 atom stereocenters. The van der Waals surface area contributed by atoms with Crippen molar-refractivity contribution in [3.8, 4) is 11.5 Å². The third kappa shape index (κ3) is 4.87. The number of carbonyl (C=O) groups excluding carboxylic acids is 1. The van der Waals surface area contributed by atoms with E-state index in [0.29, 0.717) is 23.7 Å². The SMILES string of the molecule is COc1ccc(NC(=O)N(CCO)Cc2ccccc2C)c(OC)c1. The van der Waals surface area contributed by atoms with E-state index in [0.717, 1.165) is 11.1 Å². The number of aryl methyl sites for hydroxylation is 1. The van der Waals surface area contributed by atoms with Gasteiger partial charge < -0.3 is 24.8 Å². The number of methoxy groups -OCH3 is 2. The Balaban J connectivity index is 2.16. The molecule has 0 saturated carbocycles. The maximum atomic E-state index is 12.7. The molecule has 134 valence electrons. The Bertz CT molecular complexity index is 718. The highest BCUT2D eigenvalue weighted by Gasteiger charge is 2.16. The Labute approximate surface area is 148 Å². The molecule has 0 unspecified atom stereocenters. The van der Waals surface area contributed by atoms with E-state index >= 15 is 0 Å². The second kappa shape index (κ2) is 8.94. The third-order valence-corrected chi connectivity index (χ3v) is 3.93. The molecule has 2 amide bonds. The van der Waals surface area contributed by atoms with Crippen LogP contribution in [0.4, 0.5) is 10.5 Å². The minimum absolute atomic E-state index is 0.112. The molecule has 0 heterocycles. The lowest BCUT2D eigenvalue weighted by molar-refractivity contribution is 0.185. The lowest BCUT2D eigenvalue weighted by Crippen LogP contribution is -2.36. The molecular weight excluding hydrogens is 320 g/mol. The van der Waals surface area contributed by atoms with Crippen molar-refractivity contribution >= 4 is 11.7 Å². The third-order valence-electron chi connectivity index (χ3n) is 3.93. The number of benzene rings is 2. The van der Waals surface area contributed by atoms with Gasteiger partial charge in [-0.1, -0.05) is 24.3 Å². The molecule has 0 aliphatic heterocycles. The van der Waals surface area contributed by atoms with E-state index in [1.54, 1.807) is 30.2 Å². The Morgan fingerprint density at radius 2 is 1.92 bits per heavy atom. The monoisotopic (exact) mass is 344 g/mol. The van der Waals surface area contributed by atoms with Crippen LogP contribution in [0.1, 0.15) is 11.1 Å². The summed E-state index contributed by atoms with van der Waals surface area (Å²) in [6.07, 6.45) is 0. The number of aliphatic hydroxyl groups is 1. The summed E-state index contributed by atoms with van der Waals surface area (Å²) in [7, 11) is 3.10. The number of aliphatic hydroxyl groups excluding tert-OH is 1. The molecule has 0 bridgehead atoms. The summed E-state index contributed by atoms with van der Waals surface area (Å²) in [6.45, 7) is 2.53. The van der Waals surface area contributed by atoms with Gasteiger partial charge >= 0.3 is 6.03 Å². The molecule has 2 aromatic rings. The van der Waals surface area contributed by atoms with Gasteiger partial charge in [0.2, 0.25) is 0 Å². The van der Waals surface area contributed by atoms with Crippen LogP contribution in [-0.4, -0.2) is 43.4 Å². The van der Waals surface area contributed by atoms with Crippen molar-refractivity contribution in [2.24, 2.45) is 0 Å². The second-order valence-electron chi connectivity index (χ2n) is 5.57. The van der Waals surface area contributed by atoms with Crippen LogP contribution in [0.2, 0.25) is 0 Å². The number of ether oxygens (including phenoxy) is 2. The Kier molecular flexibility index (Phi) is 6.65. The number of anilines is 1. The number of nitrogens with zero attached hydrogens (tertiary/aromatic N) is 1. The summed E-state index contributed by atoms with van der Waals surface area (Å²) >= 11 is 0. The van der Waals surface area contributed by atoms with Crippen molar-refractivity contribution in [1.82, 2.24) is 4.90 Å². The number of hydrogen-bond acceptors (Lipinski definition) is 4. The zero-order chi connectivity index (χ0) is 18.2. The quantitative estimate of drug-likeness (QED) is 0.810. The molecular formula is C19H24N2O4. The highest BCUT2D eigenvalue weighted by atomic mass is 16.5. The van der Waals surface area contributed by atoms with Gasteiger partial charge in [0, 0.05) is 19.2 Å². The van der Waals surface area contributed by atoms with E-state index in [1.807, 2.05) is 31.2 Å². The van der Waals surface area contributed by atoms with Crippen LogP contribution in [0.5, 0.6) is 11.5 Å². The van der Waals surface area contributed by atoms with Gasteiger partial charge in [-0.15, -0.1) is 0 Å². The molecule has 2 aromatic carbocycles. The van der Waals surface area contributed by atoms with E-state index in [1.165, 1.54) is 7.11 Å². The fourth-order valence-corrected chi connectivity index (χ4v) is 2.46. The van der Waals surface area contributed by atoms with Crippen molar-refractivity contribution in [3.63, 3.8) is 0 Å². The first-order valence-corrected chi connectivity index (χ1v) is 8.02. The fraction of sp³-hybridized carbons (Fsp3) is 0.316. The average Bonchev–Trinajstić information content (AvgIpc) is 2.63. The lowest BCUT2D eigenvalue weighted by atomic mass is 10.1. The number of rotatable bonds is 7. The number of amides is 2. The van der Waals surface area contributed by atoms with Crippen LogP contribution < -0.4 is 14.8 Å². The standard InChI is InChI=1S/C19H24N2O4/c1-14-6-4-5-7-15(14)13-21(10-11-22)19(23)20-17-9-8-16(24-2)12-18(17)25-3/h4-9,12,22H,10-11,13H2,1-3H3,(H,20,23). The molecule has 0 aromatic heterocycles. The molecule has 0 aliphatic carbocycles. The minimum atomic E-state index is -0.305. The van der Waals surface area contributed by atoms with Crippen molar-refractivity contribution in [2.45, 2.75) is 13.5 Å². The van der Waals surface area contributed by atoms with E-state index in [4.69, 9.17) is 9.47 Å². The second-order valence-corrected chi connectivity index (χ2v) is 5.57. The Morgan fingerprint density at radius 1 is 1.16 bits per heavy atom. The van der Waals surface area contributed by atoms with Crippen LogP contribution in [0.3, 0.4) is 0 Å². The van der Waals surface area contributed by atoms with Crippen molar-refractivity contribution in [2.75, 3.05) is 32.7 Å². The largest absolute Gasteiger partial charge is 0.497 e. The number of urea groups is 1. The zero-order valence-electron chi connectivity index (χ0n) is 14.8. The molecule has 0 fully saturated rings. The van der Waals surface area contributed by atoms with Crippen LogP contribution in [-0.2, 0) is 6.54 Å². The van der Waals surface area contributed by atoms with Gasteiger partial charge in [-0.3, -0.25) is 0 Å². The van der Waals surface area contributed by atoms with Crippen molar-refractivity contribution in [1.29, 1.82) is 0 Å². The van der Waals surface area contributed by atoms with Gasteiger partial charge in [0.1, 0.15) is 11.5 Å². The van der Waals surface area contributed by atoms with Crippen LogP contribution in [0, 0.1) is 6.92 Å².